The van der Waals surface area contributed by atoms with Crippen molar-refractivity contribution in [2.24, 2.45) is 5.92 Å². The lowest BCUT2D eigenvalue weighted by Gasteiger charge is -2.32. The first-order valence-electron chi connectivity index (χ1n) is 9.24. The van der Waals surface area contributed by atoms with Crippen molar-refractivity contribution in [2.45, 2.75) is 45.6 Å². The van der Waals surface area contributed by atoms with E-state index in [0.29, 0.717) is 50.5 Å². The van der Waals surface area contributed by atoms with E-state index in [2.05, 4.69) is 20.5 Å². The Labute approximate surface area is 152 Å². The van der Waals surface area contributed by atoms with Gasteiger partial charge in [-0.1, -0.05) is 0 Å². The fraction of sp³-hybridized carbons (Fsp3) is 0.706. The number of likely N-dealkylation sites (tertiary alicyclic amines) is 2. The van der Waals surface area contributed by atoms with Gasteiger partial charge in [-0.25, -0.2) is 4.98 Å². The fourth-order valence-electron chi connectivity index (χ4n) is 3.52. The number of nitrogens with one attached hydrogen (secondary N) is 2. The molecule has 9 nitrogen and oxygen atoms in total. The zero-order valence-corrected chi connectivity index (χ0v) is 15.2. The van der Waals surface area contributed by atoms with Gasteiger partial charge in [0.1, 0.15) is 5.82 Å². The molecule has 1 aromatic heterocycles. The van der Waals surface area contributed by atoms with Crippen LogP contribution in [-0.4, -0.2) is 68.9 Å². The van der Waals surface area contributed by atoms with Crippen LogP contribution in [0.2, 0.25) is 0 Å². The molecule has 0 spiro atoms. The van der Waals surface area contributed by atoms with E-state index in [1.807, 2.05) is 4.90 Å². The maximum atomic E-state index is 12.4. The highest BCUT2D eigenvalue weighted by atomic mass is 16.2. The summed E-state index contributed by atoms with van der Waals surface area (Å²) in [5.41, 5.74) is 0. The number of rotatable bonds is 7. The Morgan fingerprint density at radius 2 is 2.00 bits per heavy atom. The topological polar surface area (TPSA) is 111 Å². The highest BCUT2D eigenvalue weighted by Gasteiger charge is 2.30. The second-order valence-corrected chi connectivity index (χ2v) is 6.97. The van der Waals surface area contributed by atoms with Crippen LogP contribution in [0.3, 0.4) is 0 Å². The SMILES string of the molecule is Cc1nc(CNC(=O)C2CCC(=O)N(CCCN3CCCC3=O)C2)n[nH]1. The summed E-state index contributed by atoms with van der Waals surface area (Å²) in [6.07, 6.45) is 3.27. The van der Waals surface area contributed by atoms with Crippen LogP contribution in [0, 0.1) is 12.8 Å². The van der Waals surface area contributed by atoms with E-state index in [9.17, 15) is 14.4 Å². The van der Waals surface area contributed by atoms with Gasteiger partial charge in [0.05, 0.1) is 12.5 Å². The largest absolute Gasteiger partial charge is 0.348 e. The highest BCUT2D eigenvalue weighted by Crippen LogP contribution is 2.19. The monoisotopic (exact) mass is 362 g/mol. The lowest BCUT2D eigenvalue weighted by atomic mass is 9.96. The molecule has 2 fully saturated rings. The molecular formula is C17H26N6O3. The summed E-state index contributed by atoms with van der Waals surface area (Å²) >= 11 is 0. The smallest absolute Gasteiger partial charge is 0.225 e. The van der Waals surface area contributed by atoms with Crippen molar-refractivity contribution in [3.63, 3.8) is 0 Å². The molecule has 0 bridgehead atoms. The minimum absolute atomic E-state index is 0.0697. The van der Waals surface area contributed by atoms with Gasteiger partial charge in [-0.15, -0.1) is 0 Å². The number of aryl methyl sites for hydroxylation is 1. The summed E-state index contributed by atoms with van der Waals surface area (Å²) in [6.45, 7) is 4.61. The summed E-state index contributed by atoms with van der Waals surface area (Å²) in [5, 5.41) is 9.59. The second-order valence-electron chi connectivity index (χ2n) is 6.97. The third-order valence-electron chi connectivity index (χ3n) is 4.96. The van der Waals surface area contributed by atoms with Crippen LogP contribution in [0.15, 0.2) is 0 Å². The molecule has 9 heteroatoms. The van der Waals surface area contributed by atoms with Crippen LogP contribution in [0.4, 0.5) is 0 Å². The molecule has 26 heavy (non-hydrogen) atoms. The number of H-pyrrole nitrogens is 1. The van der Waals surface area contributed by atoms with E-state index in [1.165, 1.54) is 0 Å². The summed E-state index contributed by atoms with van der Waals surface area (Å²) in [7, 11) is 0. The van der Waals surface area contributed by atoms with Crippen molar-refractivity contribution in [3.8, 4) is 0 Å². The Bertz CT molecular complexity index is 673. The van der Waals surface area contributed by atoms with E-state index in [4.69, 9.17) is 0 Å². The van der Waals surface area contributed by atoms with E-state index in [-0.39, 0.29) is 30.2 Å². The Hall–Kier alpha value is -2.45. The first kappa shape index (κ1) is 18.3. The Morgan fingerprint density at radius 3 is 2.69 bits per heavy atom. The number of amides is 3. The van der Waals surface area contributed by atoms with Gasteiger partial charge in [0, 0.05) is 39.0 Å². The first-order valence-corrected chi connectivity index (χ1v) is 9.24. The normalized spacial score (nSPS) is 20.7. The third kappa shape index (κ3) is 4.59. The van der Waals surface area contributed by atoms with Gasteiger partial charge < -0.3 is 15.1 Å². The van der Waals surface area contributed by atoms with Crippen molar-refractivity contribution < 1.29 is 14.4 Å². The van der Waals surface area contributed by atoms with Crippen molar-refractivity contribution in [1.29, 1.82) is 0 Å². The summed E-state index contributed by atoms with van der Waals surface area (Å²) < 4.78 is 0. The third-order valence-corrected chi connectivity index (χ3v) is 4.96. The average Bonchev–Trinajstić information content (AvgIpc) is 3.22. The lowest BCUT2D eigenvalue weighted by molar-refractivity contribution is -0.138. The van der Waals surface area contributed by atoms with Gasteiger partial charge >= 0.3 is 0 Å². The molecule has 3 heterocycles. The van der Waals surface area contributed by atoms with Crippen molar-refractivity contribution in [1.82, 2.24) is 30.3 Å². The Kier molecular flexibility index (Phi) is 5.85. The van der Waals surface area contributed by atoms with Crippen LogP contribution in [0.1, 0.15) is 43.8 Å². The Balaban J connectivity index is 1.43. The van der Waals surface area contributed by atoms with Crippen LogP contribution in [0.5, 0.6) is 0 Å². The molecular weight excluding hydrogens is 336 g/mol. The maximum Gasteiger partial charge on any atom is 0.225 e. The molecule has 2 N–H and O–H groups in total. The quantitative estimate of drug-likeness (QED) is 0.708. The van der Waals surface area contributed by atoms with Crippen LogP contribution in [-0.2, 0) is 20.9 Å². The molecule has 1 aromatic rings. The number of carbonyl (C=O) groups excluding carboxylic acids is 3. The number of aromatic amines is 1. The summed E-state index contributed by atoms with van der Waals surface area (Å²) in [6, 6.07) is 0. The van der Waals surface area contributed by atoms with Crippen LogP contribution >= 0.6 is 0 Å². The van der Waals surface area contributed by atoms with Gasteiger partial charge in [-0.05, 0) is 26.2 Å². The molecule has 0 aromatic carbocycles. The molecule has 0 aliphatic carbocycles. The number of carbonyl (C=O) groups is 3. The zero-order chi connectivity index (χ0) is 18.5. The van der Waals surface area contributed by atoms with Crippen molar-refractivity contribution >= 4 is 17.7 Å². The van der Waals surface area contributed by atoms with Gasteiger partial charge in [-0.2, -0.15) is 5.10 Å². The maximum absolute atomic E-state index is 12.4. The van der Waals surface area contributed by atoms with Crippen molar-refractivity contribution in [2.75, 3.05) is 26.2 Å². The summed E-state index contributed by atoms with van der Waals surface area (Å²) in [4.78, 5) is 43.9. The van der Waals surface area contributed by atoms with Gasteiger partial charge in [0.25, 0.3) is 0 Å². The molecule has 0 radical (unpaired) electrons. The predicted octanol–water partition coefficient (Wildman–Crippen LogP) is -0.0196. The fourth-order valence-corrected chi connectivity index (χ4v) is 3.52. The second kappa shape index (κ2) is 8.29. The molecule has 142 valence electrons. The molecule has 3 rings (SSSR count). The first-order chi connectivity index (χ1) is 12.5. The molecule has 3 amide bonds. The number of nitrogens with zero attached hydrogens (tertiary/aromatic N) is 4. The Morgan fingerprint density at radius 1 is 1.23 bits per heavy atom. The number of hydrogen-bond acceptors (Lipinski definition) is 5. The van der Waals surface area contributed by atoms with Gasteiger partial charge in [-0.3, -0.25) is 19.5 Å². The number of piperidine rings is 1. The predicted molar refractivity (Wildman–Crippen MR) is 92.7 cm³/mol. The van der Waals surface area contributed by atoms with Crippen molar-refractivity contribution in [3.05, 3.63) is 11.6 Å². The average molecular weight is 362 g/mol. The zero-order valence-electron chi connectivity index (χ0n) is 15.2. The van der Waals surface area contributed by atoms with E-state index in [0.717, 1.165) is 19.4 Å². The molecule has 2 saturated heterocycles. The molecule has 2 aliphatic heterocycles. The molecule has 2 aliphatic rings. The van der Waals surface area contributed by atoms with Crippen LogP contribution < -0.4 is 5.32 Å². The van der Waals surface area contributed by atoms with E-state index >= 15 is 0 Å². The lowest BCUT2D eigenvalue weighted by Crippen LogP contribution is -2.46. The summed E-state index contributed by atoms with van der Waals surface area (Å²) in [5.74, 6) is 1.27. The number of hydrogen-bond donors (Lipinski definition) is 2. The van der Waals surface area contributed by atoms with E-state index < -0.39 is 0 Å². The molecule has 1 atom stereocenters. The number of aromatic nitrogens is 3. The van der Waals surface area contributed by atoms with Gasteiger partial charge in [0.2, 0.25) is 17.7 Å². The highest BCUT2D eigenvalue weighted by molar-refractivity contribution is 5.83. The van der Waals surface area contributed by atoms with E-state index in [1.54, 1.807) is 11.8 Å². The molecule has 0 saturated carbocycles. The van der Waals surface area contributed by atoms with Gasteiger partial charge in [0.15, 0.2) is 5.82 Å². The molecule has 1 unspecified atom stereocenters. The minimum Gasteiger partial charge on any atom is -0.348 e. The standard InChI is InChI=1S/C17H26N6O3/c1-12-19-14(21-20-12)10-18-17(26)13-5-6-16(25)23(11-13)9-3-8-22-7-2-4-15(22)24/h13H,2-11H2,1H3,(H,18,26)(H,19,20,21). The van der Waals surface area contributed by atoms with Crippen LogP contribution in [0.25, 0.3) is 0 Å². The minimum atomic E-state index is -0.207.